The zero-order valence-corrected chi connectivity index (χ0v) is 10.4. The van der Waals surface area contributed by atoms with Gasteiger partial charge in [0.25, 0.3) is 0 Å². The third-order valence-electron chi connectivity index (χ3n) is 0.183. The maximum atomic E-state index is 9.10. The van der Waals surface area contributed by atoms with E-state index in [1.54, 1.807) is 0 Å². The minimum absolute atomic E-state index is 0. The Morgan fingerprint density at radius 1 is 1.00 bits per heavy atom. The van der Waals surface area contributed by atoms with Gasteiger partial charge in [-0.05, 0) is 0 Å². The molecule has 0 saturated carbocycles. The van der Waals surface area contributed by atoms with Crippen molar-refractivity contribution in [1.82, 2.24) is 0 Å². The number of hydrogen-bond acceptors (Lipinski definition) is 3. The fourth-order valence-electron chi connectivity index (χ4n) is 0. The summed E-state index contributed by atoms with van der Waals surface area (Å²) in [5.41, 5.74) is 0. The zero-order valence-electron chi connectivity index (χ0n) is 9.97. The number of rotatable bonds is 0. The summed E-state index contributed by atoms with van der Waals surface area (Å²) >= 11 is 0. The first-order chi connectivity index (χ1) is 4.64. The van der Waals surface area contributed by atoms with Gasteiger partial charge in [0.15, 0.2) is 0 Å². The molecule has 0 aliphatic rings. The smallest absolute Gasteiger partial charge is 1.00 e. The van der Waals surface area contributed by atoms with Crippen LogP contribution in [0.4, 0.5) is 0 Å². The van der Waals surface area contributed by atoms with E-state index in [1.807, 2.05) is 0 Å². The molecule has 0 saturated heterocycles. The van der Waals surface area contributed by atoms with Crippen molar-refractivity contribution in [1.29, 1.82) is 0 Å². The molecule has 0 radical (unpaired) electrons. The molecule has 5 N–H and O–H groups in total. The number of carbonyl (C=O) groups is 2. The SMILES string of the molecule is O=C(O)C(=O)O.O=P(O)(O)O.[Fe].[H-].[H-].[H-].[Li+].[Mg+2]. The first kappa shape index (κ1) is 29.4. The Kier molecular flexibility index (Phi) is 29.2. The van der Waals surface area contributed by atoms with Gasteiger partial charge in [0.05, 0.1) is 0 Å². The molecule has 0 heterocycles. The fourth-order valence-corrected chi connectivity index (χ4v) is 0. The van der Waals surface area contributed by atoms with E-state index in [4.69, 9.17) is 39.0 Å². The zero-order chi connectivity index (χ0) is 9.65. The van der Waals surface area contributed by atoms with Crippen molar-refractivity contribution in [2.75, 3.05) is 0 Å². The van der Waals surface area contributed by atoms with E-state index in [0.29, 0.717) is 0 Å². The second-order valence-corrected chi connectivity index (χ2v) is 2.15. The predicted molar refractivity (Wildman–Crippen MR) is 38.6 cm³/mol. The third kappa shape index (κ3) is 75.7. The van der Waals surface area contributed by atoms with E-state index in [-0.39, 0.29) is 63.3 Å². The topological polar surface area (TPSA) is 152 Å². The molecule has 14 heavy (non-hydrogen) atoms. The monoisotopic (exact) mass is 278 g/mol. The van der Waals surface area contributed by atoms with Crippen LogP contribution < -0.4 is 18.9 Å². The van der Waals surface area contributed by atoms with E-state index < -0.39 is 19.8 Å². The summed E-state index contributed by atoms with van der Waals surface area (Å²) in [6.07, 6.45) is 0. The van der Waals surface area contributed by atoms with Crippen LogP contribution in [0.2, 0.25) is 0 Å². The van der Waals surface area contributed by atoms with E-state index in [1.165, 1.54) is 0 Å². The molecular formula is C2H8FeLiMgO8P. The van der Waals surface area contributed by atoms with Crippen LogP contribution in [-0.4, -0.2) is 59.9 Å². The maximum absolute atomic E-state index is 9.10. The summed E-state index contributed by atoms with van der Waals surface area (Å²) in [7, 11) is -4.64. The second-order valence-electron chi connectivity index (χ2n) is 1.12. The first-order valence-electron chi connectivity index (χ1n) is 1.89. The largest absolute Gasteiger partial charge is 2.00 e. The quantitative estimate of drug-likeness (QED) is 0.168. The normalized spacial score (nSPS) is 7.36. The molecule has 0 aliphatic carbocycles. The van der Waals surface area contributed by atoms with E-state index in [9.17, 15) is 0 Å². The minimum atomic E-state index is -4.64. The molecule has 0 unspecified atom stereocenters. The van der Waals surface area contributed by atoms with Gasteiger partial charge in [0.1, 0.15) is 0 Å². The molecule has 0 fully saturated rings. The molecule has 0 atom stereocenters. The maximum Gasteiger partial charge on any atom is 2.00 e. The van der Waals surface area contributed by atoms with Crippen molar-refractivity contribution in [2.45, 2.75) is 0 Å². The molecule has 0 rings (SSSR count). The van der Waals surface area contributed by atoms with Crippen LogP contribution in [0, 0.1) is 0 Å². The Hall–Kier alpha value is 0.933. The van der Waals surface area contributed by atoms with Crippen molar-refractivity contribution < 1.29 is 79.3 Å². The van der Waals surface area contributed by atoms with Crippen molar-refractivity contribution in [3.63, 3.8) is 0 Å². The predicted octanol–water partition coefficient (Wildman–Crippen LogP) is -4.81. The van der Waals surface area contributed by atoms with Gasteiger partial charge in [-0.3, -0.25) is 0 Å². The Bertz CT molecular complexity index is 195. The van der Waals surface area contributed by atoms with Crippen molar-refractivity contribution in [3.8, 4) is 0 Å². The van der Waals surface area contributed by atoms with Crippen LogP contribution >= 0.6 is 7.82 Å². The summed E-state index contributed by atoms with van der Waals surface area (Å²) in [6.45, 7) is 0. The number of carboxylic acids is 2. The van der Waals surface area contributed by atoms with Crippen molar-refractivity contribution in [3.05, 3.63) is 0 Å². The Morgan fingerprint density at radius 2 is 1.07 bits per heavy atom. The van der Waals surface area contributed by atoms with Crippen LogP contribution in [0.15, 0.2) is 0 Å². The molecule has 12 heteroatoms. The van der Waals surface area contributed by atoms with Crippen LogP contribution in [0.1, 0.15) is 4.28 Å². The van der Waals surface area contributed by atoms with Gasteiger partial charge in [0, 0.05) is 17.1 Å². The summed E-state index contributed by atoms with van der Waals surface area (Å²) in [5, 5.41) is 14.8. The second kappa shape index (κ2) is 13.9. The van der Waals surface area contributed by atoms with E-state index in [2.05, 4.69) is 0 Å². The van der Waals surface area contributed by atoms with Gasteiger partial charge in [-0.15, -0.1) is 0 Å². The average Bonchev–Trinajstić information content (AvgIpc) is 1.59. The molecule has 0 aromatic heterocycles. The van der Waals surface area contributed by atoms with Gasteiger partial charge in [-0.25, -0.2) is 14.2 Å². The summed E-state index contributed by atoms with van der Waals surface area (Å²) < 4.78 is 8.88. The molecular weight excluding hydrogens is 270 g/mol. The van der Waals surface area contributed by atoms with Crippen LogP contribution in [0.25, 0.3) is 0 Å². The Morgan fingerprint density at radius 3 is 1.07 bits per heavy atom. The average molecular weight is 278 g/mol. The number of carboxylic acid groups (broad SMARTS) is 2. The Labute approximate surface area is 122 Å². The molecule has 0 aliphatic heterocycles. The first-order valence-corrected chi connectivity index (χ1v) is 3.45. The standard InChI is InChI=1S/C2H2O4.Fe.Li.Mg.H3O4P.3H/c3-1(4)2(5)6;;;;1-5(2,3)4;;;/h(H,3,4)(H,5,6);;;;(H3,1,2,3,4);;;/q;;+1;+2;;3*-1. The number of phosphoric acid groups is 1. The third-order valence-corrected chi connectivity index (χ3v) is 0.183. The molecule has 0 aromatic rings. The number of aliphatic carboxylic acids is 2. The number of hydrogen-bond donors (Lipinski definition) is 5. The van der Waals surface area contributed by atoms with Gasteiger partial charge in [-0.2, -0.15) is 0 Å². The molecule has 0 spiro atoms. The fraction of sp³-hybridized carbons (Fsp3) is 0. The van der Waals surface area contributed by atoms with Gasteiger partial charge in [-0.1, -0.05) is 0 Å². The molecule has 80 valence electrons. The Balaban J connectivity index is -0.0000000118. The van der Waals surface area contributed by atoms with Crippen molar-refractivity contribution >= 4 is 42.8 Å². The van der Waals surface area contributed by atoms with Crippen LogP contribution in [0.5, 0.6) is 0 Å². The van der Waals surface area contributed by atoms with Gasteiger partial charge in [0.2, 0.25) is 0 Å². The van der Waals surface area contributed by atoms with Crippen LogP contribution in [0.3, 0.4) is 0 Å². The van der Waals surface area contributed by atoms with E-state index in [0.717, 1.165) is 0 Å². The molecule has 0 aromatic carbocycles. The summed E-state index contributed by atoms with van der Waals surface area (Å²) in [4.78, 5) is 39.8. The summed E-state index contributed by atoms with van der Waals surface area (Å²) in [6, 6.07) is 0. The molecule has 0 amide bonds. The van der Waals surface area contributed by atoms with Gasteiger partial charge < -0.3 is 29.2 Å². The summed E-state index contributed by atoms with van der Waals surface area (Å²) in [5.74, 6) is -3.65. The van der Waals surface area contributed by atoms with Crippen molar-refractivity contribution in [2.24, 2.45) is 0 Å². The van der Waals surface area contributed by atoms with Crippen LogP contribution in [-0.2, 0) is 31.2 Å². The van der Waals surface area contributed by atoms with E-state index >= 15 is 0 Å². The molecule has 0 bridgehead atoms. The molecule has 8 nitrogen and oxygen atoms in total. The van der Waals surface area contributed by atoms with Gasteiger partial charge >= 0.3 is 61.7 Å². The minimum Gasteiger partial charge on any atom is -1.00 e.